The van der Waals surface area contributed by atoms with Gasteiger partial charge in [-0.05, 0) is 22.2 Å². The monoisotopic (exact) mass is 441 g/mol. The van der Waals surface area contributed by atoms with Gasteiger partial charge in [0.25, 0.3) is 5.91 Å². The fourth-order valence-electron chi connectivity index (χ4n) is 1.92. The smallest absolute Gasteiger partial charge is 0.251 e. The van der Waals surface area contributed by atoms with Crippen LogP contribution in [0, 0.1) is 11.8 Å². The Balaban J connectivity index is 5.44. The summed E-state index contributed by atoms with van der Waals surface area (Å²) in [5.74, 6) is -0.156. The van der Waals surface area contributed by atoms with Crippen LogP contribution in [0.5, 0.6) is 0 Å². The van der Waals surface area contributed by atoms with Crippen LogP contribution in [0.15, 0.2) is 10.2 Å². The van der Waals surface area contributed by atoms with Gasteiger partial charge in [-0.3, -0.25) is 9.63 Å². The van der Waals surface area contributed by atoms with Gasteiger partial charge in [0.15, 0.2) is 8.32 Å². The van der Waals surface area contributed by atoms with Crippen molar-refractivity contribution in [3.05, 3.63) is 10.2 Å². The van der Waals surface area contributed by atoms with Crippen LogP contribution in [0.3, 0.4) is 0 Å². The molecule has 0 aromatic carbocycles. The van der Waals surface area contributed by atoms with E-state index in [1.807, 2.05) is 11.0 Å². The zero-order valence-electron chi connectivity index (χ0n) is 15.4. The van der Waals surface area contributed by atoms with E-state index in [4.69, 9.17) is 9.26 Å². The fourth-order valence-corrected chi connectivity index (χ4v) is 4.03. The van der Waals surface area contributed by atoms with E-state index < -0.39 is 8.32 Å². The second-order valence-electron chi connectivity index (χ2n) is 7.33. The van der Waals surface area contributed by atoms with Crippen molar-refractivity contribution < 1.29 is 14.1 Å². The lowest BCUT2D eigenvalue weighted by atomic mass is 9.93. The Morgan fingerprint density at radius 1 is 1.27 bits per heavy atom. The average molecular weight is 441 g/mol. The van der Waals surface area contributed by atoms with Crippen LogP contribution in [0.1, 0.15) is 34.6 Å². The third-order valence-electron chi connectivity index (χ3n) is 4.60. The minimum Gasteiger partial charge on any atom is -0.413 e. The highest BCUT2D eigenvalue weighted by atomic mass is 127. The van der Waals surface area contributed by atoms with Crippen LogP contribution in [-0.2, 0) is 14.1 Å². The molecule has 0 unspecified atom stereocenters. The Morgan fingerprint density at radius 3 is 2.14 bits per heavy atom. The molecule has 1 amide bonds. The lowest BCUT2D eigenvalue weighted by Gasteiger charge is -2.42. The maximum absolute atomic E-state index is 12.5. The van der Waals surface area contributed by atoms with Crippen molar-refractivity contribution in [2.24, 2.45) is 11.8 Å². The number of amides is 1. The third-order valence-corrected chi connectivity index (χ3v) is 9.49. The van der Waals surface area contributed by atoms with Gasteiger partial charge in [-0.1, -0.05) is 63.3 Å². The zero-order valence-corrected chi connectivity index (χ0v) is 18.6. The van der Waals surface area contributed by atoms with E-state index in [9.17, 15) is 4.79 Å². The number of halogens is 1. The van der Waals surface area contributed by atoms with E-state index in [1.54, 1.807) is 7.05 Å². The standard InChI is InChI=1S/C16H32INO3Si/c1-12(10-11-17)14(13(2)15(19)18(6)20-7)21-22(8,9)16(3,4)5/h10-14H,1-9H3/b11-10-/t12-,13+,14-/m0/s1. The van der Waals surface area contributed by atoms with E-state index in [-0.39, 0.29) is 28.9 Å². The van der Waals surface area contributed by atoms with Crippen LogP contribution >= 0.6 is 22.6 Å². The third kappa shape index (κ3) is 5.94. The quantitative estimate of drug-likeness (QED) is 0.329. The lowest BCUT2D eigenvalue weighted by Crippen LogP contribution is -2.49. The second-order valence-corrected chi connectivity index (χ2v) is 12.8. The number of rotatable bonds is 7. The first-order chi connectivity index (χ1) is 9.89. The van der Waals surface area contributed by atoms with Crippen LogP contribution in [-0.4, -0.2) is 39.5 Å². The van der Waals surface area contributed by atoms with Crippen LogP contribution in [0.2, 0.25) is 18.1 Å². The molecule has 6 heteroatoms. The highest BCUT2D eigenvalue weighted by molar-refractivity contribution is 14.1. The SMILES string of the molecule is CON(C)C(=O)[C@H](C)[C@@H](O[Si](C)(C)C(C)(C)C)[C@@H](C)/C=C\I. The summed E-state index contributed by atoms with van der Waals surface area (Å²) in [4.78, 5) is 17.5. The molecule has 0 aliphatic heterocycles. The predicted molar refractivity (Wildman–Crippen MR) is 103 cm³/mol. The molecule has 4 nitrogen and oxygen atoms in total. The molecular formula is C16H32INO3Si. The Hall–Kier alpha value is 0.0769. The molecule has 0 heterocycles. The Morgan fingerprint density at radius 2 is 1.77 bits per heavy atom. The van der Waals surface area contributed by atoms with E-state index in [0.29, 0.717) is 0 Å². The van der Waals surface area contributed by atoms with Crippen molar-refractivity contribution in [3.8, 4) is 0 Å². The van der Waals surface area contributed by atoms with Crippen LogP contribution < -0.4 is 0 Å². The number of nitrogens with zero attached hydrogens (tertiary/aromatic N) is 1. The maximum Gasteiger partial charge on any atom is 0.251 e. The van der Waals surface area contributed by atoms with Crippen LogP contribution in [0.25, 0.3) is 0 Å². The molecule has 130 valence electrons. The summed E-state index contributed by atoms with van der Waals surface area (Å²) in [5.41, 5.74) is 0. The first-order valence-corrected chi connectivity index (χ1v) is 11.8. The molecule has 0 aliphatic carbocycles. The second kappa shape index (κ2) is 8.80. The number of carbonyl (C=O) groups is 1. The van der Waals surface area contributed by atoms with Crippen molar-refractivity contribution in [1.29, 1.82) is 0 Å². The number of carbonyl (C=O) groups excluding carboxylic acids is 1. The van der Waals surface area contributed by atoms with Gasteiger partial charge in [0, 0.05) is 13.0 Å². The van der Waals surface area contributed by atoms with Crippen molar-refractivity contribution in [2.75, 3.05) is 14.2 Å². The largest absolute Gasteiger partial charge is 0.413 e. The van der Waals surface area contributed by atoms with Gasteiger partial charge in [0.05, 0.1) is 19.1 Å². The predicted octanol–water partition coefficient (Wildman–Crippen LogP) is 4.62. The average Bonchev–Trinajstić information content (AvgIpc) is 2.41. The van der Waals surface area contributed by atoms with Gasteiger partial charge < -0.3 is 4.43 Å². The molecule has 0 bridgehead atoms. The molecule has 0 fully saturated rings. The summed E-state index contributed by atoms with van der Waals surface area (Å²) in [6.45, 7) is 15.1. The molecular weight excluding hydrogens is 409 g/mol. The summed E-state index contributed by atoms with van der Waals surface area (Å²) in [6, 6.07) is 0. The van der Waals surface area contributed by atoms with Crippen LogP contribution in [0.4, 0.5) is 0 Å². The summed E-state index contributed by atoms with van der Waals surface area (Å²) in [7, 11) is 1.18. The van der Waals surface area contributed by atoms with Crippen molar-refractivity contribution >= 4 is 36.8 Å². The molecule has 0 N–H and O–H groups in total. The normalized spacial score (nSPS) is 17.4. The summed E-state index contributed by atoms with van der Waals surface area (Å²) < 4.78 is 8.56. The molecule has 0 saturated carbocycles. The molecule has 0 aromatic rings. The van der Waals surface area contributed by atoms with Crippen molar-refractivity contribution in [2.45, 2.75) is 58.9 Å². The molecule has 0 radical (unpaired) electrons. The topological polar surface area (TPSA) is 38.8 Å². The molecule has 0 rings (SSSR count). The summed E-state index contributed by atoms with van der Waals surface area (Å²) in [6.07, 6.45) is 1.94. The molecule has 3 atom stereocenters. The van der Waals surface area contributed by atoms with Gasteiger partial charge in [0.1, 0.15) is 0 Å². The fraction of sp³-hybridized carbons (Fsp3) is 0.812. The minimum absolute atomic E-state index is 0.0556. The van der Waals surface area contributed by atoms with Gasteiger partial charge in [-0.2, -0.15) is 0 Å². The molecule has 0 aliphatic rings. The summed E-state index contributed by atoms with van der Waals surface area (Å²) in [5, 5.41) is 1.39. The Bertz CT molecular complexity index is 393. The molecule has 0 spiro atoms. The Labute approximate surface area is 150 Å². The molecule has 0 aromatic heterocycles. The zero-order chi connectivity index (χ0) is 17.7. The van der Waals surface area contributed by atoms with E-state index in [0.717, 1.165) is 0 Å². The maximum atomic E-state index is 12.5. The first-order valence-electron chi connectivity index (χ1n) is 7.65. The highest BCUT2D eigenvalue weighted by Gasteiger charge is 2.42. The summed E-state index contributed by atoms with van der Waals surface area (Å²) >= 11 is 2.21. The number of hydroxylamine groups is 2. The van der Waals surface area contributed by atoms with E-state index in [2.05, 4.69) is 69.5 Å². The molecule has 0 saturated heterocycles. The minimum atomic E-state index is -1.96. The Kier molecular flexibility index (Phi) is 8.83. The van der Waals surface area contributed by atoms with E-state index >= 15 is 0 Å². The van der Waals surface area contributed by atoms with Gasteiger partial charge in [-0.25, -0.2) is 5.06 Å². The van der Waals surface area contributed by atoms with Gasteiger partial charge in [0.2, 0.25) is 0 Å². The lowest BCUT2D eigenvalue weighted by molar-refractivity contribution is -0.176. The van der Waals surface area contributed by atoms with Gasteiger partial charge >= 0.3 is 0 Å². The number of hydrogen-bond donors (Lipinski definition) is 0. The first kappa shape index (κ1) is 22.1. The van der Waals surface area contributed by atoms with Gasteiger partial charge in [-0.15, -0.1) is 0 Å². The van der Waals surface area contributed by atoms with Crippen molar-refractivity contribution in [3.63, 3.8) is 0 Å². The molecule has 22 heavy (non-hydrogen) atoms. The highest BCUT2D eigenvalue weighted by Crippen LogP contribution is 2.39. The number of hydrogen-bond acceptors (Lipinski definition) is 3. The van der Waals surface area contributed by atoms with Crippen molar-refractivity contribution in [1.82, 2.24) is 5.06 Å². The van der Waals surface area contributed by atoms with E-state index in [1.165, 1.54) is 12.2 Å².